The lowest BCUT2D eigenvalue weighted by Gasteiger charge is -2.31. The molecule has 0 radical (unpaired) electrons. The molecule has 0 fully saturated rings. The number of methoxy groups -OCH3 is 2. The molecule has 1 amide bonds. The summed E-state index contributed by atoms with van der Waals surface area (Å²) < 4.78 is 24.3. The zero-order valence-corrected chi connectivity index (χ0v) is 29.6. The summed E-state index contributed by atoms with van der Waals surface area (Å²) in [6.45, 7) is 0.703. The van der Waals surface area contributed by atoms with Crippen LogP contribution in [0, 0.1) is 0 Å². The number of ether oxygens (including phenoxy) is 4. The molecule has 1 heterocycles. The van der Waals surface area contributed by atoms with Crippen molar-refractivity contribution >= 4 is 27.7 Å². The molecule has 8 nitrogen and oxygen atoms in total. The Kier molecular flexibility index (Phi) is 11.2. The van der Waals surface area contributed by atoms with Crippen LogP contribution in [0.1, 0.15) is 34.8 Å². The van der Waals surface area contributed by atoms with Crippen LogP contribution >= 0.6 is 15.9 Å². The van der Waals surface area contributed by atoms with Gasteiger partial charge in [0.15, 0.2) is 23.1 Å². The molecule has 1 aliphatic heterocycles. The summed E-state index contributed by atoms with van der Waals surface area (Å²) in [5, 5.41) is 12.3. The van der Waals surface area contributed by atoms with E-state index in [-0.39, 0.29) is 25.5 Å². The molecule has 0 saturated heterocycles. The molecule has 0 unspecified atom stereocenters. The number of aliphatic hydroxyl groups is 1. The van der Waals surface area contributed by atoms with Crippen LogP contribution in [0.25, 0.3) is 11.1 Å². The second-order valence-electron chi connectivity index (χ2n) is 11.9. The molecule has 5 aromatic carbocycles. The second kappa shape index (κ2) is 16.1. The normalized spacial score (nSPS) is 16.6. The minimum absolute atomic E-state index is 0.0597. The molecule has 5 aromatic rings. The smallest absolute Gasteiger partial charge is 0.252 e. The van der Waals surface area contributed by atoms with Crippen LogP contribution in [0.2, 0.25) is 0 Å². The third-order valence-corrected chi connectivity index (χ3v) is 9.44. The predicted molar refractivity (Wildman–Crippen MR) is 198 cm³/mol. The van der Waals surface area contributed by atoms with E-state index in [0.717, 1.165) is 32.3 Å². The zero-order chi connectivity index (χ0) is 34.9. The molecular weight excluding hydrogens is 696 g/mol. The van der Waals surface area contributed by atoms with Gasteiger partial charge in [-0.2, -0.15) is 0 Å². The maximum Gasteiger partial charge on any atom is 0.252 e. The monoisotopic (exact) mass is 734 g/mol. The fraction of sp³-hybridized carbons (Fsp3) is 0.220. The van der Waals surface area contributed by atoms with Gasteiger partial charge in [0.05, 0.1) is 20.8 Å². The van der Waals surface area contributed by atoms with Gasteiger partial charge in [-0.25, -0.2) is 4.99 Å². The first-order chi connectivity index (χ1) is 24.4. The van der Waals surface area contributed by atoms with Crippen molar-refractivity contribution in [2.24, 2.45) is 4.99 Å². The SMILES string of the molecule is COc1ccc(CNC(=O)[C@]2(Cc3ccccc3Br)N=C(c3ccc(OCCCO)cc3)O[C@@H]2c2ccc(-c3ccccc3)cc2)cc1OC. The molecule has 256 valence electrons. The number of amides is 1. The molecule has 0 saturated carbocycles. The van der Waals surface area contributed by atoms with Gasteiger partial charge in [-0.15, -0.1) is 0 Å². The van der Waals surface area contributed by atoms with E-state index in [1.54, 1.807) is 14.2 Å². The van der Waals surface area contributed by atoms with Crippen LogP contribution in [0.15, 0.2) is 131 Å². The quantitative estimate of drug-likeness (QED) is 0.114. The van der Waals surface area contributed by atoms with Gasteiger partial charge in [-0.3, -0.25) is 4.79 Å². The number of nitrogens with one attached hydrogen (secondary N) is 1. The average molecular weight is 736 g/mol. The summed E-state index contributed by atoms with van der Waals surface area (Å²) in [4.78, 5) is 20.0. The largest absolute Gasteiger partial charge is 0.494 e. The highest BCUT2D eigenvalue weighted by Gasteiger charge is 2.53. The van der Waals surface area contributed by atoms with Crippen molar-refractivity contribution in [1.82, 2.24) is 5.32 Å². The zero-order valence-electron chi connectivity index (χ0n) is 28.0. The number of hydrogen-bond donors (Lipinski definition) is 2. The Morgan fingerprint density at radius 1 is 0.840 bits per heavy atom. The van der Waals surface area contributed by atoms with Gasteiger partial charge in [0.2, 0.25) is 5.90 Å². The van der Waals surface area contributed by atoms with Crippen LogP contribution in [-0.2, 0) is 22.5 Å². The molecule has 9 heteroatoms. The second-order valence-corrected chi connectivity index (χ2v) is 12.8. The van der Waals surface area contributed by atoms with Gasteiger partial charge in [-0.1, -0.05) is 94.8 Å². The maximum atomic E-state index is 14.8. The van der Waals surface area contributed by atoms with Crippen molar-refractivity contribution in [2.75, 3.05) is 27.4 Å². The van der Waals surface area contributed by atoms with Crippen LogP contribution in [-0.4, -0.2) is 49.9 Å². The minimum atomic E-state index is -1.37. The highest BCUT2D eigenvalue weighted by atomic mass is 79.9. The van der Waals surface area contributed by atoms with E-state index in [4.69, 9.17) is 29.0 Å². The lowest BCUT2D eigenvalue weighted by Crippen LogP contribution is -2.49. The van der Waals surface area contributed by atoms with E-state index in [2.05, 4.69) is 45.5 Å². The first kappa shape index (κ1) is 34.7. The van der Waals surface area contributed by atoms with E-state index < -0.39 is 11.6 Å². The summed E-state index contributed by atoms with van der Waals surface area (Å²) in [6, 6.07) is 39.1. The van der Waals surface area contributed by atoms with Crippen molar-refractivity contribution in [1.29, 1.82) is 0 Å². The Morgan fingerprint density at radius 2 is 1.52 bits per heavy atom. The number of halogens is 1. The Morgan fingerprint density at radius 3 is 2.22 bits per heavy atom. The van der Waals surface area contributed by atoms with Gasteiger partial charge < -0.3 is 29.4 Å². The Bertz CT molecular complexity index is 1930. The molecule has 1 aliphatic rings. The summed E-state index contributed by atoms with van der Waals surface area (Å²) >= 11 is 3.71. The number of rotatable bonds is 14. The molecule has 6 rings (SSSR count). The first-order valence-electron chi connectivity index (χ1n) is 16.4. The summed E-state index contributed by atoms with van der Waals surface area (Å²) in [6.07, 6.45) is 0.0573. The number of aliphatic hydroxyl groups excluding tert-OH is 1. The van der Waals surface area contributed by atoms with Crippen molar-refractivity contribution < 1.29 is 28.8 Å². The van der Waals surface area contributed by atoms with Crippen molar-refractivity contribution in [3.63, 3.8) is 0 Å². The third kappa shape index (κ3) is 7.69. The highest BCUT2D eigenvalue weighted by molar-refractivity contribution is 9.10. The maximum absolute atomic E-state index is 14.8. The molecule has 0 aliphatic carbocycles. The van der Waals surface area contributed by atoms with Gasteiger partial charge in [-0.05, 0) is 70.3 Å². The number of benzene rings is 5. The molecule has 50 heavy (non-hydrogen) atoms. The van der Waals surface area contributed by atoms with Gasteiger partial charge in [0, 0.05) is 36.0 Å². The highest BCUT2D eigenvalue weighted by Crippen LogP contribution is 2.44. The molecule has 0 spiro atoms. The van der Waals surface area contributed by atoms with E-state index in [0.29, 0.717) is 41.7 Å². The van der Waals surface area contributed by atoms with E-state index in [9.17, 15) is 4.79 Å². The van der Waals surface area contributed by atoms with Crippen LogP contribution in [0.3, 0.4) is 0 Å². The topological polar surface area (TPSA) is 98.6 Å². The van der Waals surface area contributed by atoms with Crippen LogP contribution < -0.4 is 19.5 Å². The molecular formula is C41H39BrN2O6. The lowest BCUT2D eigenvalue weighted by atomic mass is 9.81. The number of aliphatic imine (C=N–C) groups is 1. The first-order valence-corrected chi connectivity index (χ1v) is 17.2. The fourth-order valence-corrected chi connectivity index (χ4v) is 6.45. The van der Waals surface area contributed by atoms with Gasteiger partial charge in [0.25, 0.3) is 5.91 Å². The van der Waals surface area contributed by atoms with Gasteiger partial charge in [0.1, 0.15) is 5.75 Å². The van der Waals surface area contributed by atoms with E-state index in [1.165, 1.54) is 0 Å². The Labute approximate surface area is 300 Å². The number of nitrogens with zero attached hydrogens (tertiary/aromatic N) is 1. The minimum Gasteiger partial charge on any atom is -0.494 e. The molecule has 0 aromatic heterocycles. The number of carbonyl (C=O) groups excluding carboxylic acids is 1. The van der Waals surface area contributed by atoms with Crippen molar-refractivity contribution in [3.8, 4) is 28.4 Å². The van der Waals surface area contributed by atoms with Gasteiger partial charge >= 0.3 is 0 Å². The average Bonchev–Trinajstić information content (AvgIpc) is 3.55. The molecule has 0 bridgehead atoms. The van der Waals surface area contributed by atoms with Crippen LogP contribution in [0.4, 0.5) is 0 Å². The van der Waals surface area contributed by atoms with E-state index in [1.807, 2.05) is 97.1 Å². The van der Waals surface area contributed by atoms with Crippen molar-refractivity contribution in [3.05, 3.63) is 148 Å². The molecule has 2 N–H and O–H groups in total. The fourth-order valence-electron chi connectivity index (χ4n) is 6.02. The predicted octanol–water partition coefficient (Wildman–Crippen LogP) is 7.71. The summed E-state index contributed by atoms with van der Waals surface area (Å²) in [7, 11) is 3.17. The Hall–Kier alpha value is -5.12. The summed E-state index contributed by atoms with van der Waals surface area (Å²) in [5.74, 6) is 1.93. The molecule has 2 atom stereocenters. The summed E-state index contributed by atoms with van der Waals surface area (Å²) in [5.41, 5.74) is 4.07. The van der Waals surface area contributed by atoms with Crippen LogP contribution in [0.5, 0.6) is 17.2 Å². The third-order valence-electron chi connectivity index (χ3n) is 8.67. The number of carbonyl (C=O) groups is 1. The number of hydrogen-bond acceptors (Lipinski definition) is 7. The van der Waals surface area contributed by atoms with E-state index >= 15 is 0 Å². The Balaban J connectivity index is 1.41. The standard InChI is InChI=1S/C41H39BrN2O6/c1-47-36-22-13-28(25-37(36)48-2)27-43-40(46)41(26-33-11-6-7-12-35(33)42)38(31-16-14-30(15-17-31)29-9-4-3-5-10-29)50-39(44-41)32-18-20-34(21-19-32)49-24-8-23-45/h3-7,9-22,25,38,45H,8,23-24,26-27H2,1-2H3,(H,43,46)/t38-,41-/m1/s1. The lowest BCUT2D eigenvalue weighted by molar-refractivity contribution is -0.129. The van der Waals surface area contributed by atoms with Crippen molar-refractivity contribution in [2.45, 2.75) is 31.0 Å².